The molecule has 1 aromatic heterocycles. The van der Waals surface area contributed by atoms with Crippen LogP contribution >= 0.6 is 0 Å². The molecule has 5 N–H and O–H groups in total. The Morgan fingerprint density at radius 1 is 1.09 bits per heavy atom. The van der Waals surface area contributed by atoms with Crippen molar-refractivity contribution in [2.45, 2.75) is 97.4 Å². The molecule has 2 aromatic rings. The van der Waals surface area contributed by atoms with E-state index in [9.17, 15) is 19.5 Å². The number of nitrogens with one attached hydrogen (secondary N) is 2. The van der Waals surface area contributed by atoms with Crippen LogP contribution in [0, 0.1) is 5.92 Å². The number of nitrogens with zero attached hydrogens (tertiary/aromatic N) is 5. The number of amides is 1. The second kappa shape index (κ2) is 21.8. The number of pyridine rings is 1. The van der Waals surface area contributed by atoms with Crippen molar-refractivity contribution in [1.29, 1.82) is 0 Å². The topological polar surface area (TPSA) is 157 Å². The number of hydrogen-bond acceptors (Lipinski definition) is 11. The molecule has 0 spiro atoms. The maximum absolute atomic E-state index is 12.7. The number of anilines is 3. The summed E-state index contributed by atoms with van der Waals surface area (Å²) in [5.41, 5.74) is 14.4. The van der Waals surface area contributed by atoms with Crippen LogP contribution in [0.5, 0.6) is 5.75 Å². The van der Waals surface area contributed by atoms with Gasteiger partial charge in [-0.2, -0.15) is 0 Å². The zero-order valence-corrected chi connectivity index (χ0v) is 34.1. The zero-order valence-electron chi connectivity index (χ0n) is 34.1. The van der Waals surface area contributed by atoms with Crippen LogP contribution in [0.4, 0.5) is 17.2 Å². The van der Waals surface area contributed by atoms with Crippen molar-refractivity contribution in [1.82, 2.24) is 20.2 Å². The van der Waals surface area contributed by atoms with E-state index in [0.29, 0.717) is 57.9 Å². The van der Waals surface area contributed by atoms with Crippen molar-refractivity contribution in [3.05, 3.63) is 52.9 Å². The van der Waals surface area contributed by atoms with Gasteiger partial charge >= 0.3 is 5.97 Å². The smallest absolute Gasteiger partial charge is 0.304 e. The van der Waals surface area contributed by atoms with Crippen molar-refractivity contribution >= 4 is 35.4 Å². The first kappa shape index (κ1) is 43.5. The van der Waals surface area contributed by atoms with Crippen LogP contribution in [-0.4, -0.2) is 111 Å². The number of likely N-dealkylation sites (tertiary alicyclic amines) is 1. The van der Waals surface area contributed by atoms with E-state index in [1.54, 1.807) is 7.11 Å². The monoisotopic (exact) mass is 763 g/mol. The lowest BCUT2D eigenvalue weighted by Crippen LogP contribution is -2.48. The summed E-state index contributed by atoms with van der Waals surface area (Å²) in [4.78, 5) is 47.3. The molecule has 2 fully saturated rings. The summed E-state index contributed by atoms with van der Waals surface area (Å²) in [6.07, 6.45) is 9.59. The fraction of sp³-hybridized carbons (Fsp3) is 0.619. The molecule has 13 heteroatoms. The van der Waals surface area contributed by atoms with Gasteiger partial charge in [0.1, 0.15) is 17.9 Å². The number of benzene rings is 1. The van der Waals surface area contributed by atoms with Crippen molar-refractivity contribution in [2.24, 2.45) is 11.7 Å². The number of piperazine rings is 1. The molecule has 0 saturated carbocycles. The molecule has 304 valence electrons. The molecule has 13 nitrogen and oxygen atoms in total. The molecule has 6 rings (SSSR count). The Balaban J connectivity index is 0.00000163. The van der Waals surface area contributed by atoms with Gasteiger partial charge in [0.05, 0.1) is 19.2 Å². The number of aldehydes is 1. The minimum Gasteiger partial charge on any atom is -0.496 e. The number of carbonyl (C=O) groups is 3. The van der Waals surface area contributed by atoms with Gasteiger partial charge in [0, 0.05) is 99.3 Å². The number of methoxy groups -OCH3 is 1. The van der Waals surface area contributed by atoms with E-state index < -0.39 is 5.97 Å². The number of unbranched alkanes of at least 4 members (excludes halogenated alkanes) is 1. The summed E-state index contributed by atoms with van der Waals surface area (Å²) in [5.74, 6) is 1.54. The molecule has 2 saturated heterocycles. The minimum absolute atomic E-state index is 0.0532. The number of nitrogens with two attached hydrogens (primary N) is 1. The van der Waals surface area contributed by atoms with E-state index in [1.807, 2.05) is 18.7 Å². The van der Waals surface area contributed by atoms with Crippen LogP contribution < -0.4 is 31.1 Å². The summed E-state index contributed by atoms with van der Waals surface area (Å²) >= 11 is 0. The number of aromatic nitrogens is 1. The number of aliphatic carboxylic acids is 1. The summed E-state index contributed by atoms with van der Waals surface area (Å²) in [5, 5.41) is 15.7. The van der Waals surface area contributed by atoms with E-state index in [1.165, 1.54) is 12.6 Å². The Labute approximate surface area is 328 Å². The van der Waals surface area contributed by atoms with E-state index in [0.717, 1.165) is 97.9 Å². The molecule has 4 aliphatic heterocycles. The standard InChI is InChI=1S/C39H55N7O5.C2H6.CH5N/c1-27-19-28(2)46(42-27)34-21-30(20-33(24-34)44-14-16-45(17-15-44)37(48)8-4-5-18-47)31(22-38(49)50)26-43-13-11-29(25-43)9-10-32-23-36(51-3)35-7-6-12-40-39(35)41-32;2*1-2/h18-21,23-24,27,29,31,42H,4-17,22,25-26H2,1-3H3,(H,40,41)(H,49,50);1-2H3;2H2,1H3. The predicted octanol–water partition coefficient (Wildman–Crippen LogP) is 5.20. The fourth-order valence-electron chi connectivity index (χ4n) is 8.18. The van der Waals surface area contributed by atoms with E-state index in [-0.39, 0.29) is 24.3 Å². The van der Waals surface area contributed by atoms with E-state index in [4.69, 9.17) is 9.72 Å². The number of fused-ring (bicyclic) bond motifs is 1. The van der Waals surface area contributed by atoms with Crippen LogP contribution in [0.3, 0.4) is 0 Å². The number of carboxylic acids is 1. The average molecular weight is 763 g/mol. The third-order valence-corrected chi connectivity index (χ3v) is 10.9. The van der Waals surface area contributed by atoms with Crippen LogP contribution in [-0.2, 0) is 27.2 Å². The Hall–Kier alpha value is -4.20. The Morgan fingerprint density at radius 2 is 1.84 bits per heavy atom. The van der Waals surface area contributed by atoms with Crippen LogP contribution in [0.1, 0.15) is 95.4 Å². The second-order valence-corrected chi connectivity index (χ2v) is 14.7. The summed E-state index contributed by atoms with van der Waals surface area (Å²) in [7, 11) is 3.23. The summed E-state index contributed by atoms with van der Waals surface area (Å²) < 4.78 is 5.71. The van der Waals surface area contributed by atoms with Gasteiger partial charge < -0.3 is 40.4 Å². The SMILES string of the molecule is CC.CN.COc1cc(CCC2CCN(CC(CC(=O)O)c3cc(N4CCN(C(=O)CCCC=O)CC4)cc(N4NC(C)C=C4C)c3)C2)nc2c1CCCN2. The number of aryl methyl sites for hydroxylation is 1. The maximum atomic E-state index is 12.7. The highest BCUT2D eigenvalue weighted by molar-refractivity contribution is 5.77. The molecular weight excluding hydrogens is 697 g/mol. The lowest BCUT2D eigenvalue weighted by molar-refractivity contribution is -0.137. The third kappa shape index (κ3) is 11.9. The third-order valence-electron chi connectivity index (χ3n) is 10.9. The van der Waals surface area contributed by atoms with Gasteiger partial charge in [-0.05, 0) is 102 Å². The molecule has 3 unspecified atom stereocenters. The number of hydrogen-bond donors (Lipinski definition) is 4. The summed E-state index contributed by atoms with van der Waals surface area (Å²) in [6, 6.07) is 8.80. The number of carbonyl (C=O) groups excluding carboxylic acids is 2. The number of carboxylic acid groups (broad SMARTS) is 1. The predicted molar refractivity (Wildman–Crippen MR) is 221 cm³/mol. The van der Waals surface area contributed by atoms with Gasteiger partial charge in [0.2, 0.25) is 5.91 Å². The van der Waals surface area contributed by atoms with Crippen molar-refractivity contribution < 1.29 is 24.2 Å². The molecule has 0 aliphatic carbocycles. The highest BCUT2D eigenvalue weighted by Crippen LogP contribution is 2.36. The largest absolute Gasteiger partial charge is 0.496 e. The van der Waals surface area contributed by atoms with Gasteiger partial charge in [-0.15, -0.1) is 0 Å². The first-order chi connectivity index (χ1) is 26.7. The van der Waals surface area contributed by atoms with Gasteiger partial charge in [-0.1, -0.05) is 13.8 Å². The normalized spacial score (nSPS) is 19.9. The van der Waals surface area contributed by atoms with Crippen LogP contribution in [0.15, 0.2) is 36.0 Å². The maximum Gasteiger partial charge on any atom is 0.304 e. The van der Waals surface area contributed by atoms with E-state index >= 15 is 0 Å². The number of allylic oxidation sites excluding steroid dienone is 1. The first-order valence-electron chi connectivity index (χ1n) is 20.4. The molecule has 0 bridgehead atoms. The molecule has 4 aliphatic rings. The highest BCUT2D eigenvalue weighted by Gasteiger charge is 2.30. The molecule has 0 radical (unpaired) electrons. The number of ether oxygens (including phenoxy) is 1. The molecule has 1 amide bonds. The Bertz CT molecular complexity index is 1580. The van der Waals surface area contributed by atoms with Crippen molar-refractivity contribution in [3.8, 4) is 5.75 Å². The molecule has 1 aromatic carbocycles. The van der Waals surface area contributed by atoms with Crippen LogP contribution in [0.2, 0.25) is 0 Å². The lowest BCUT2D eigenvalue weighted by Gasteiger charge is -2.37. The first-order valence-corrected chi connectivity index (χ1v) is 20.4. The van der Waals surface area contributed by atoms with Gasteiger partial charge in [0.25, 0.3) is 0 Å². The highest BCUT2D eigenvalue weighted by atomic mass is 16.5. The van der Waals surface area contributed by atoms with Crippen LogP contribution in [0.25, 0.3) is 0 Å². The fourth-order valence-corrected chi connectivity index (χ4v) is 8.18. The van der Waals surface area contributed by atoms with Gasteiger partial charge in [0.15, 0.2) is 0 Å². The zero-order chi connectivity index (χ0) is 39.9. The van der Waals surface area contributed by atoms with Crippen molar-refractivity contribution in [2.75, 3.05) is 81.7 Å². The summed E-state index contributed by atoms with van der Waals surface area (Å²) in [6.45, 7) is 14.4. The van der Waals surface area contributed by atoms with Gasteiger partial charge in [-0.3, -0.25) is 14.6 Å². The van der Waals surface area contributed by atoms with Gasteiger partial charge in [-0.25, -0.2) is 10.4 Å². The molecule has 3 atom stereocenters. The molecule has 55 heavy (non-hydrogen) atoms. The Morgan fingerprint density at radius 3 is 2.51 bits per heavy atom. The molecule has 5 heterocycles. The Kier molecular flexibility index (Phi) is 17.2. The quantitative estimate of drug-likeness (QED) is 0.139. The average Bonchev–Trinajstić information content (AvgIpc) is 3.81. The number of hydrazine groups is 1. The minimum atomic E-state index is -0.797. The lowest BCUT2D eigenvalue weighted by atomic mass is 9.93. The van der Waals surface area contributed by atoms with E-state index in [2.05, 4.69) is 75.5 Å². The molecular formula is C42H66N8O5. The number of rotatable bonds is 15. The second-order valence-electron chi connectivity index (χ2n) is 14.7. The van der Waals surface area contributed by atoms with Crippen molar-refractivity contribution in [3.63, 3.8) is 0 Å².